The first kappa shape index (κ1) is 16.2. The van der Waals surface area contributed by atoms with Gasteiger partial charge in [0.05, 0.1) is 18.0 Å². The fraction of sp³-hybridized carbons (Fsp3) is 0.312. The predicted molar refractivity (Wildman–Crippen MR) is 88.0 cm³/mol. The summed E-state index contributed by atoms with van der Waals surface area (Å²) in [6, 6.07) is 7.62. The number of nitrogens with zero attached hydrogens (tertiary/aromatic N) is 2. The summed E-state index contributed by atoms with van der Waals surface area (Å²) >= 11 is 1.38. The standard InChI is InChI=1S/C16H19N3O2S/c1-12(2)11-21-16(18-10-13-5-3-7-17-9-13)19-15(20)14-6-4-8-22-14/h3-9,12H,10-11H2,1-2H3,(H,18,19,20). The molecule has 6 heteroatoms. The Kier molecular flexibility index (Phi) is 6.09. The van der Waals surface area contributed by atoms with E-state index in [0.29, 0.717) is 23.9 Å². The minimum Gasteiger partial charge on any atom is -0.465 e. The van der Waals surface area contributed by atoms with Crippen LogP contribution >= 0.6 is 11.3 Å². The second-order valence-electron chi connectivity index (χ2n) is 5.12. The van der Waals surface area contributed by atoms with E-state index in [1.54, 1.807) is 18.5 Å². The molecule has 1 N–H and O–H groups in total. The highest BCUT2D eigenvalue weighted by Gasteiger charge is 2.11. The molecule has 0 fully saturated rings. The summed E-state index contributed by atoms with van der Waals surface area (Å²) in [4.78, 5) is 21.1. The van der Waals surface area contributed by atoms with Crippen molar-refractivity contribution >= 4 is 23.3 Å². The van der Waals surface area contributed by atoms with Crippen molar-refractivity contribution in [2.45, 2.75) is 20.4 Å². The Labute approximate surface area is 134 Å². The number of aliphatic imine (C=N–C) groups is 1. The van der Waals surface area contributed by atoms with Gasteiger partial charge in [-0.3, -0.25) is 15.1 Å². The zero-order valence-corrected chi connectivity index (χ0v) is 13.5. The van der Waals surface area contributed by atoms with Crippen LogP contribution in [-0.4, -0.2) is 23.5 Å². The molecule has 0 aliphatic heterocycles. The van der Waals surface area contributed by atoms with E-state index in [9.17, 15) is 4.79 Å². The zero-order valence-electron chi connectivity index (χ0n) is 12.7. The molecule has 0 spiro atoms. The SMILES string of the molecule is CC(C)COC(=NCc1cccnc1)NC(=O)c1cccs1. The number of ether oxygens (including phenoxy) is 1. The van der Waals surface area contributed by atoms with Crippen molar-refractivity contribution in [2.75, 3.05) is 6.61 Å². The normalized spacial score (nSPS) is 11.5. The number of rotatable bonds is 5. The maximum absolute atomic E-state index is 12.1. The van der Waals surface area contributed by atoms with Crippen LogP contribution in [0.25, 0.3) is 0 Å². The molecule has 2 aromatic rings. The number of nitrogens with one attached hydrogen (secondary N) is 1. The third-order valence-electron chi connectivity index (χ3n) is 2.65. The number of pyridine rings is 1. The number of amidine groups is 1. The highest BCUT2D eigenvalue weighted by Crippen LogP contribution is 2.08. The average molecular weight is 317 g/mol. The second kappa shape index (κ2) is 8.29. The van der Waals surface area contributed by atoms with Crippen LogP contribution in [0.5, 0.6) is 0 Å². The summed E-state index contributed by atoms with van der Waals surface area (Å²) in [7, 11) is 0. The Balaban J connectivity index is 2.03. The number of amides is 1. The molecule has 2 heterocycles. The molecule has 0 saturated heterocycles. The van der Waals surface area contributed by atoms with Crippen LogP contribution in [0.15, 0.2) is 47.0 Å². The van der Waals surface area contributed by atoms with E-state index in [1.807, 2.05) is 37.4 Å². The smallest absolute Gasteiger partial charge is 0.292 e. The van der Waals surface area contributed by atoms with Gasteiger partial charge in [0, 0.05) is 12.4 Å². The van der Waals surface area contributed by atoms with Crippen molar-refractivity contribution in [1.29, 1.82) is 0 Å². The van der Waals surface area contributed by atoms with Gasteiger partial charge in [-0.15, -0.1) is 11.3 Å². The molecule has 0 unspecified atom stereocenters. The van der Waals surface area contributed by atoms with Crippen molar-refractivity contribution < 1.29 is 9.53 Å². The molecule has 5 nitrogen and oxygen atoms in total. The van der Waals surface area contributed by atoms with Crippen LogP contribution in [0.3, 0.4) is 0 Å². The van der Waals surface area contributed by atoms with Crippen molar-refractivity contribution in [3.05, 3.63) is 52.5 Å². The summed E-state index contributed by atoms with van der Waals surface area (Å²) in [5.41, 5.74) is 0.957. The lowest BCUT2D eigenvalue weighted by Gasteiger charge is -2.12. The molecule has 0 aromatic carbocycles. The Bertz CT molecular complexity index is 610. The van der Waals surface area contributed by atoms with Gasteiger partial charge in [-0.1, -0.05) is 26.0 Å². The molecule has 0 aliphatic rings. The molecule has 0 atom stereocenters. The topological polar surface area (TPSA) is 63.6 Å². The molecular formula is C16H19N3O2S. The molecule has 0 saturated carbocycles. The number of thiophene rings is 1. The van der Waals surface area contributed by atoms with Gasteiger partial charge in [0.2, 0.25) is 0 Å². The Morgan fingerprint density at radius 1 is 1.41 bits per heavy atom. The molecular weight excluding hydrogens is 298 g/mol. The molecule has 2 aromatic heterocycles. The van der Waals surface area contributed by atoms with Crippen molar-refractivity contribution in [3.63, 3.8) is 0 Å². The van der Waals surface area contributed by atoms with Crippen LogP contribution < -0.4 is 5.32 Å². The first-order valence-corrected chi connectivity index (χ1v) is 7.94. The van der Waals surface area contributed by atoms with Crippen LogP contribution in [0.2, 0.25) is 0 Å². The molecule has 0 radical (unpaired) electrons. The predicted octanol–water partition coefficient (Wildman–Crippen LogP) is 3.10. The van der Waals surface area contributed by atoms with Gasteiger partial charge in [-0.25, -0.2) is 4.99 Å². The lowest BCUT2D eigenvalue weighted by molar-refractivity contribution is 0.0967. The van der Waals surface area contributed by atoms with Crippen LogP contribution in [-0.2, 0) is 11.3 Å². The fourth-order valence-electron chi connectivity index (χ4n) is 1.59. The van der Waals surface area contributed by atoms with E-state index >= 15 is 0 Å². The maximum atomic E-state index is 12.1. The fourth-order valence-corrected chi connectivity index (χ4v) is 2.21. The molecule has 22 heavy (non-hydrogen) atoms. The summed E-state index contributed by atoms with van der Waals surface area (Å²) in [5, 5.41) is 4.58. The number of carbonyl (C=O) groups excluding carboxylic acids is 1. The number of aromatic nitrogens is 1. The Hall–Kier alpha value is -2.21. The maximum Gasteiger partial charge on any atom is 0.292 e. The first-order chi connectivity index (χ1) is 10.6. The molecule has 1 amide bonds. The Morgan fingerprint density at radius 2 is 2.27 bits per heavy atom. The summed E-state index contributed by atoms with van der Waals surface area (Å²) in [6.07, 6.45) is 3.45. The average Bonchev–Trinajstić information content (AvgIpc) is 3.05. The third kappa shape index (κ3) is 5.29. The number of hydrogen-bond donors (Lipinski definition) is 1. The zero-order chi connectivity index (χ0) is 15.8. The van der Waals surface area contributed by atoms with Crippen molar-refractivity contribution in [1.82, 2.24) is 10.3 Å². The molecule has 2 rings (SSSR count). The Morgan fingerprint density at radius 3 is 2.91 bits per heavy atom. The van der Waals surface area contributed by atoms with E-state index in [2.05, 4.69) is 15.3 Å². The monoisotopic (exact) mass is 317 g/mol. The minimum absolute atomic E-state index is 0.205. The molecule has 0 bridgehead atoms. The summed E-state index contributed by atoms with van der Waals surface area (Å²) in [6.45, 7) is 4.99. The van der Waals surface area contributed by atoms with E-state index in [1.165, 1.54) is 11.3 Å². The highest BCUT2D eigenvalue weighted by molar-refractivity contribution is 7.12. The van der Waals surface area contributed by atoms with Gasteiger partial charge >= 0.3 is 0 Å². The minimum atomic E-state index is -0.205. The van der Waals surface area contributed by atoms with E-state index in [0.717, 1.165) is 5.56 Å². The molecule has 116 valence electrons. The third-order valence-corrected chi connectivity index (χ3v) is 3.52. The van der Waals surface area contributed by atoms with Gasteiger partial charge in [0.15, 0.2) is 0 Å². The van der Waals surface area contributed by atoms with Crippen LogP contribution in [0.1, 0.15) is 29.1 Å². The van der Waals surface area contributed by atoms with Gasteiger partial charge < -0.3 is 4.74 Å². The first-order valence-electron chi connectivity index (χ1n) is 7.06. The van der Waals surface area contributed by atoms with Crippen molar-refractivity contribution in [3.8, 4) is 0 Å². The van der Waals surface area contributed by atoms with Gasteiger partial charge in [0.25, 0.3) is 11.9 Å². The number of hydrogen-bond acceptors (Lipinski definition) is 5. The van der Waals surface area contributed by atoms with Crippen molar-refractivity contribution in [2.24, 2.45) is 10.9 Å². The van der Waals surface area contributed by atoms with E-state index < -0.39 is 0 Å². The van der Waals surface area contributed by atoms with E-state index in [4.69, 9.17) is 4.74 Å². The highest BCUT2D eigenvalue weighted by atomic mass is 32.1. The quantitative estimate of drug-likeness (QED) is 0.681. The van der Waals surface area contributed by atoms with Crippen LogP contribution in [0, 0.1) is 5.92 Å². The lowest BCUT2D eigenvalue weighted by Crippen LogP contribution is -2.33. The molecule has 0 aliphatic carbocycles. The van der Waals surface area contributed by atoms with Gasteiger partial charge in [0.1, 0.15) is 0 Å². The lowest BCUT2D eigenvalue weighted by atomic mass is 10.2. The summed E-state index contributed by atoms with van der Waals surface area (Å²) < 4.78 is 5.60. The van der Waals surface area contributed by atoms with Gasteiger partial charge in [-0.2, -0.15) is 0 Å². The van der Waals surface area contributed by atoms with Crippen LogP contribution in [0.4, 0.5) is 0 Å². The number of carbonyl (C=O) groups is 1. The summed E-state index contributed by atoms with van der Waals surface area (Å²) in [5.74, 6) is 0.144. The van der Waals surface area contributed by atoms with E-state index in [-0.39, 0.29) is 11.9 Å². The second-order valence-corrected chi connectivity index (χ2v) is 6.07. The largest absolute Gasteiger partial charge is 0.465 e. The van der Waals surface area contributed by atoms with Gasteiger partial charge in [-0.05, 0) is 29.0 Å².